The minimum atomic E-state index is -1.40. The molecule has 1 aliphatic carbocycles. The molecule has 6 heteroatoms. The Hall–Kier alpha value is -3.85. The number of nitrogens with two attached hydrogens (primary N) is 1. The van der Waals surface area contributed by atoms with E-state index in [1.165, 1.54) is 0 Å². The van der Waals surface area contributed by atoms with Crippen molar-refractivity contribution in [3.63, 3.8) is 0 Å². The highest BCUT2D eigenvalue weighted by molar-refractivity contribution is 6.24. The van der Waals surface area contributed by atoms with E-state index in [1.54, 1.807) is 18.2 Å². The van der Waals surface area contributed by atoms with Gasteiger partial charge in [0.05, 0.1) is 22.8 Å². The predicted octanol–water partition coefficient (Wildman–Crippen LogP) is 3.34. The number of fused-ring (bicyclic) bond motifs is 3. The molecule has 0 spiro atoms. The average molecular weight is 330 g/mol. The topological polar surface area (TPSA) is 124 Å². The van der Waals surface area contributed by atoms with Gasteiger partial charge < -0.3 is 15.9 Å². The number of anilines is 1. The van der Waals surface area contributed by atoms with Crippen LogP contribution in [0.1, 0.15) is 26.3 Å². The Morgan fingerprint density at radius 3 is 2.40 bits per heavy atom. The SMILES string of the molecule is N#Cc1cc(C(=O)O)c(C(=O)O)c2c1-c1c(N)ccc3cccc-2c13. The quantitative estimate of drug-likeness (QED) is 0.484. The van der Waals surface area contributed by atoms with Gasteiger partial charge in [0.25, 0.3) is 0 Å². The van der Waals surface area contributed by atoms with Crippen molar-refractivity contribution in [2.24, 2.45) is 0 Å². The third kappa shape index (κ3) is 1.78. The first-order valence-electron chi connectivity index (χ1n) is 7.35. The van der Waals surface area contributed by atoms with E-state index >= 15 is 0 Å². The fraction of sp³-hybridized carbons (Fsp3) is 0. The first kappa shape index (κ1) is 14.7. The fourth-order valence-electron chi connectivity index (χ4n) is 3.56. The summed E-state index contributed by atoms with van der Waals surface area (Å²) < 4.78 is 0. The standard InChI is InChI=1S/C19H10N2O4/c20-7-9-6-11(18(22)23)16(19(24)25)15-10-3-1-2-8-4-5-12(21)17(13(8)10)14(9)15/h1-6H,21H2,(H,22,23)(H,24,25). The minimum absolute atomic E-state index is 0.0906. The summed E-state index contributed by atoms with van der Waals surface area (Å²) in [4.78, 5) is 23.4. The molecule has 0 saturated heterocycles. The molecular formula is C19H10N2O4. The van der Waals surface area contributed by atoms with Crippen LogP contribution in [0.3, 0.4) is 0 Å². The zero-order chi connectivity index (χ0) is 17.9. The molecule has 1 aliphatic rings. The molecule has 0 aromatic heterocycles. The van der Waals surface area contributed by atoms with Crippen LogP contribution in [0.2, 0.25) is 0 Å². The number of carboxylic acid groups (broad SMARTS) is 2. The highest BCUT2D eigenvalue weighted by atomic mass is 16.4. The number of carboxylic acids is 2. The lowest BCUT2D eigenvalue weighted by atomic mass is 9.90. The summed E-state index contributed by atoms with van der Waals surface area (Å²) in [6.07, 6.45) is 0. The second-order valence-electron chi connectivity index (χ2n) is 5.75. The maximum atomic E-state index is 11.9. The number of hydrogen-bond donors (Lipinski definition) is 3. The van der Waals surface area contributed by atoms with Crippen molar-refractivity contribution in [2.75, 3.05) is 5.73 Å². The summed E-state index contributed by atoms with van der Waals surface area (Å²) in [6.45, 7) is 0. The number of hydrogen-bond acceptors (Lipinski definition) is 4. The predicted molar refractivity (Wildman–Crippen MR) is 91.4 cm³/mol. The zero-order valence-corrected chi connectivity index (χ0v) is 12.7. The van der Waals surface area contributed by atoms with Gasteiger partial charge in [0.2, 0.25) is 0 Å². The molecule has 3 aromatic carbocycles. The molecule has 6 nitrogen and oxygen atoms in total. The van der Waals surface area contributed by atoms with Gasteiger partial charge in [-0.25, -0.2) is 9.59 Å². The van der Waals surface area contributed by atoms with E-state index in [0.717, 1.165) is 16.8 Å². The van der Waals surface area contributed by atoms with Crippen LogP contribution in [-0.2, 0) is 0 Å². The lowest BCUT2D eigenvalue weighted by Crippen LogP contribution is -2.11. The molecule has 0 fully saturated rings. The van der Waals surface area contributed by atoms with Gasteiger partial charge in [-0.1, -0.05) is 24.3 Å². The van der Waals surface area contributed by atoms with E-state index in [1.807, 2.05) is 18.2 Å². The third-order valence-electron chi connectivity index (χ3n) is 4.49. The molecule has 0 saturated carbocycles. The van der Waals surface area contributed by atoms with Crippen molar-refractivity contribution in [3.8, 4) is 28.3 Å². The van der Waals surface area contributed by atoms with Gasteiger partial charge >= 0.3 is 11.9 Å². The monoisotopic (exact) mass is 330 g/mol. The minimum Gasteiger partial charge on any atom is -0.478 e. The Labute approximate surface area is 141 Å². The number of nitrogens with zero attached hydrogens (tertiary/aromatic N) is 1. The molecule has 3 aromatic rings. The molecule has 0 heterocycles. The third-order valence-corrected chi connectivity index (χ3v) is 4.49. The van der Waals surface area contributed by atoms with Crippen molar-refractivity contribution in [2.45, 2.75) is 0 Å². The van der Waals surface area contributed by atoms with Crippen LogP contribution >= 0.6 is 0 Å². The molecule has 0 atom stereocenters. The van der Waals surface area contributed by atoms with Crippen molar-refractivity contribution < 1.29 is 19.8 Å². The van der Waals surface area contributed by atoms with Crippen LogP contribution in [0.4, 0.5) is 5.69 Å². The number of nitriles is 1. The number of rotatable bonds is 2. The van der Waals surface area contributed by atoms with E-state index in [4.69, 9.17) is 5.73 Å². The smallest absolute Gasteiger partial charge is 0.337 e. The molecule has 120 valence electrons. The highest BCUT2D eigenvalue weighted by Gasteiger charge is 2.33. The molecule has 0 aliphatic heterocycles. The number of benzene rings is 3. The first-order valence-corrected chi connectivity index (χ1v) is 7.35. The molecule has 25 heavy (non-hydrogen) atoms. The Morgan fingerprint density at radius 1 is 1.00 bits per heavy atom. The van der Waals surface area contributed by atoms with Crippen LogP contribution in [0.15, 0.2) is 36.4 Å². The Morgan fingerprint density at radius 2 is 1.76 bits per heavy atom. The molecule has 4 rings (SSSR count). The Balaban J connectivity index is 2.33. The van der Waals surface area contributed by atoms with Crippen LogP contribution < -0.4 is 5.73 Å². The molecule has 0 bridgehead atoms. The van der Waals surface area contributed by atoms with Crippen molar-refractivity contribution in [1.29, 1.82) is 5.26 Å². The second kappa shape index (κ2) is 4.82. The highest BCUT2D eigenvalue weighted by Crippen LogP contribution is 2.53. The summed E-state index contributed by atoms with van der Waals surface area (Å²) in [5.74, 6) is -2.76. The lowest BCUT2D eigenvalue weighted by Gasteiger charge is -2.12. The van der Waals surface area contributed by atoms with Crippen molar-refractivity contribution in [1.82, 2.24) is 0 Å². The fourth-order valence-corrected chi connectivity index (χ4v) is 3.56. The lowest BCUT2D eigenvalue weighted by molar-refractivity contribution is 0.0652. The van der Waals surface area contributed by atoms with Gasteiger partial charge in [-0.3, -0.25) is 0 Å². The Bertz CT molecular complexity index is 1170. The van der Waals surface area contributed by atoms with Crippen LogP contribution in [0.25, 0.3) is 33.0 Å². The number of aromatic carboxylic acids is 2. The maximum absolute atomic E-state index is 11.9. The van der Waals surface area contributed by atoms with Gasteiger partial charge in [-0.2, -0.15) is 5.26 Å². The van der Waals surface area contributed by atoms with E-state index in [-0.39, 0.29) is 16.7 Å². The average Bonchev–Trinajstić information content (AvgIpc) is 2.93. The van der Waals surface area contributed by atoms with Crippen LogP contribution in [0.5, 0.6) is 0 Å². The van der Waals surface area contributed by atoms with Gasteiger partial charge in [0, 0.05) is 22.4 Å². The maximum Gasteiger partial charge on any atom is 0.337 e. The van der Waals surface area contributed by atoms with Crippen LogP contribution in [-0.4, -0.2) is 22.2 Å². The molecule has 0 unspecified atom stereocenters. The van der Waals surface area contributed by atoms with Gasteiger partial charge in [0.1, 0.15) is 0 Å². The van der Waals surface area contributed by atoms with E-state index in [2.05, 4.69) is 0 Å². The van der Waals surface area contributed by atoms with E-state index in [0.29, 0.717) is 22.4 Å². The molecular weight excluding hydrogens is 320 g/mol. The van der Waals surface area contributed by atoms with Gasteiger partial charge in [0.15, 0.2) is 0 Å². The normalized spacial score (nSPS) is 11.2. The molecule has 4 N–H and O–H groups in total. The van der Waals surface area contributed by atoms with Crippen molar-refractivity contribution in [3.05, 3.63) is 53.1 Å². The summed E-state index contributed by atoms with van der Waals surface area (Å²) in [5.41, 5.74) is 7.66. The van der Waals surface area contributed by atoms with E-state index in [9.17, 15) is 25.1 Å². The van der Waals surface area contributed by atoms with Crippen LogP contribution in [0, 0.1) is 11.3 Å². The van der Waals surface area contributed by atoms with Gasteiger partial charge in [-0.15, -0.1) is 0 Å². The summed E-state index contributed by atoms with van der Waals surface area (Å²) in [5, 5.41) is 30.2. The zero-order valence-electron chi connectivity index (χ0n) is 12.7. The summed E-state index contributed by atoms with van der Waals surface area (Å²) in [7, 11) is 0. The van der Waals surface area contributed by atoms with Gasteiger partial charge in [-0.05, 0) is 28.5 Å². The molecule has 0 radical (unpaired) electrons. The Kier molecular flexibility index (Phi) is 2.84. The van der Waals surface area contributed by atoms with Crippen molar-refractivity contribution >= 4 is 28.4 Å². The largest absolute Gasteiger partial charge is 0.478 e. The summed E-state index contributed by atoms with van der Waals surface area (Å²) >= 11 is 0. The number of nitrogen functional groups attached to an aromatic ring is 1. The second-order valence-corrected chi connectivity index (χ2v) is 5.75. The van der Waals surface area contributed by atoms with E-state index < -0.39 is 17.5 Å². The summed E-state index contributed by atoms with van der Waals surface area (Å²) in [6, 6.07) is 11.9. The molecule has 0 amide bonds. The first-order chi connectivity index (χ1) is 12.0. The number of carbonyl (C=O) groups is 2.